The summed E-state index contributed by atoms with van der Waals surface area (Å²) in [6.07, 6.45) is 4.56. The highest BCUT2D eigenvalue weighted by Crippen LogP contribution is 2.46. The van der Waals surface area contributed by atoms with Gasteiger partial charge in [-0.25, -0.2) is 4.98 Å². The summed E-state index contributed by atoms with van der Waals surface area (Å²) < 4.78 is 6.00. The average Bonchev–Trinajstić information content (AvgIpc) is 3.42. The molecule has 0 bridgehead atoms. The van der Waals surface area contributed by atoms with Crippen LogP contribution in [0.25, 0.3) is 11.1 Å². The van der Waals surface area contributed by atoms with Crippen molar-refractivity contribution in [2.75, 3.05) is 19.7 Å². The fraction of sp³-hybridized carbons (Fsp3) is 0.286. The Morgan fingerprint density at radius 3 is 3.00 bits per heavy atom. The third-order valence-corrected chi connectivity index (χ3v) is 6.30. The lowest BCUT2D eigenvalue weighted by Crippen LogP contribution is -2.35. The fourth-order valence-corrected chi connectivity index (χ4v) is 4.67. The number of aromatic nitrogens is 2. The van der Waals surface area contributed by atoms with Gasteiger partial charge in [-0.2, -0.15) is 0 Å². The molecular formula is C21H19N3O2S. The highest BCUT2D eigenvalue weighted by molar-refractivity contribution is 7.09. The lowest BCUT2D eigenvalue weighted by atomic mass is 9.80. The Balaban J connectivity index is 1.45. The number of hydrogen-bond acceptors (Lipinski definition) is 5. The fourth-order valence-electron chi connectivity index (χ4n) is 4.08. The minimum atomic E-state index is -0.131. The largest absolute Gasteiger partial charge is 0.492 e. The molecule has 2 aliphatic heterocycles. The van der Waals surface area contributed by atoms with Crippen LogP contribution in [0.1, 0.15) is 27.5 Å². The summed E-state index contributed by atoms with van der Waals surface area (Å²) in [7, 11) is 0. The second-order valence-electron chi connectivity index (χ2n) is 7.25. The molecule has 1 atom stereocenters. The predicted octanol–water partition coefficient (Wildman–Crippen LogP) is 3.69. The van der Waals surface area contributed by atoms with Crippen molar-refractivity contribution in [1.29, 1.82) is 0 Å². The van der Waals surface area contributed by atoms with Crippen LogP contribution >= 0.6 is 11.3 Å². The number of benzene rings is 1. The summed E-state index contributed by atoms with van der Waals surface area (Å²) in [5.41, 5.74) is 3.85. The monoisotopic (exact) mass is 377 g/mol. The zero-order chi connectivity index (χ0) is 18.4. The molecule has 0 N–H and O–H groups in total. The number of carbonyl (C=O) groups is 1. The number of carbonyl (C=O) groups excluding carboxylic acids is 1. The number of aryl methyl sites for hydroxylation is 1. The number of likely N-dealkylation sites (tertiary alicyclic amines) is 1. The van der Waals surface area contributed by atoms with Crippen LogP contribution in [0.4, 0.5) is 0 Å². The lowest BCUT2D eigenvalue weighted by Gasteiger charge is -2.23. The molecule has 1 saturated heterocycles. The first-order chi connectivity index (χ1) is 13.1. The van der Waals surface area contributed by atoms with Crippen molar-refractivity contribution in [3.63, 3.8) is 0 Å². The van der Waals surface area contributed by atoms with Crippen molar-refractivity contribution in [2.24, 2.45) is 0 Å². The van der Waals surface area contributed by atoms with E-state index < -0.39 is 0 Å². The van der Waals surface area contributed by atoms with E-state index in [1.807, 2.05) is 35.5 Å². The van der Waals surface area contributed by atoms with E-state index >= 15 is 0 Å². The van der Waals surface area contributed by atoms with Crippen LogP contribution in [0.2, 0.25) is 0 Å². The maximum absolute atomic E-state index is 12.8. The van der Waals surface area contributed by atoms with Crippen LogP contribution < -0.4 is 4.74 Å². The van der Waals surface area contributed by atoms with Gasteiger partial charge in [-0.15, -0.1) is 11.3 Å². The molecule has 1 spiro atoms. The van der Waals surface area contributed by atoms with Gasteiger partial charge >= 0.3 is 0 Å². The van der Waals surface area contributed by atoms with Gasteiger partial charge in [0.05, 0.1) is 17.0 Å². The molecule has 3 aromatic rings. The molecule has 5 rings (SSSR count). The van der Waals surface area contributed by atoms with E-state index in [0.29, 0.717) is 18.8 Å². The smallest absolute Gasteiger partial charge is 0.273 e. The minimum absolute atomic E-state index is 0.0214. The summed E-state index contributed by atoms with van der Waals surface area (Å²) in [6, 6.07) is 10.3. The number of fused-ring (bicyclic) bond motifs is 2. The molecule has 2 aromatic heterocycles. The van der Waals surface area contributed by atoms with Crippen molar-refractivity contribution in [2.45, 2.75) is 18.8 Å². The van der Waals surface area contributed by atoms with Crippen LogP contribution in [0.5, 0.6) is 5.75 Å². The van der Waals surface area contributed by atoms with Gasteiger partial charge in [-0.1, -0.05) is 12.1 Å². The van der Waals surface area contributed by atoms with Gasteiger partial charge in [0.15, 0.2) is 0 Å². The first-order valence-electron chi connectivity index (χ1n) is 9.04. The molecule has 6 heteroatoms. The summed E-state index contributed by atoms with van der Waals surface area (Å²) >= 11 is 1.51. The van der Waals surface area contributed by atoms with Crippen molar-refractivity contribution >= 4 is 17.2 Å². The van der Waals surface area contributed by atoms with Gasteiger partial charge in [0.1, 0.15) is 11.4 Å². The van der Waals surface area contributed by atoms with Crippen LogP contribution in [-0.2, 0) is 5.41 Å². The summed E-state index contributed by atoms with van der Waals surface area (Å²) in [5, 5.41) is 2.77. The number of rotatable bonds is 2. The third-order valence-electron chi connectivity index (χ3n) is 5.53. The number of thiazole rings is 1. The SMILES string of the molecule is Cc1nc(C(=O)N2CCC3(COc4ccc(-c5cccnc5)cc43)C2)cs1. The molecule has 1 amide bonds. The van der Waals surface area contributed by atoms with Crippen LogP contribution in [0.3, 0.4) is 0 Å². The van der Waals surface area contributed by atoms with Gasteiger partial charge in [0, 0.05) is 42.0 Å². The Morgan fingerprint density at radius 1 is 1.30 bits per heavy atom. The van der Waals surface area contributed by atoms with Gasteiger partial charge in [0.25, 0.3) is 5.91 Å². The van der Waals surface area contributed by atoms with Crippen molar-refractivity contribution < 1.29 is 9.53 Å². The van der Waals surface area contributed by atoms with Gasteiger partial charge in [-0.3, -0.25) is 9.78 Å². The summed E-state index contributed by atoms with van der Waals surface area (Å²) in [6.45, 7) is 3.95. The van der Waals surface area contributed by atoms with E-state index in [1.54, 1.807) is 6.20 Å². The van der Waals surface area contributed by atoms with Crippen molar-refractivity contribution in [3.8, 4) is 16.9 Å². The summed E-state index contributed by atoms with van der Waals surface area (Å²) in [5.74, 6) is 0.953. The molecular weight excluding hydrogens is 358 g/mol. The van der Waals surface area contributed by atoms with Crippen molar-refractivity contribution in [3.05, 3.63) is 64.4 Å². The average molecular weight is 377 g/mol. The molecule has 4 heterocycles. The third kappa shape index (κ3) is 2.72. The zero-order valence-electron chi connectivity index (χ0n) is 15.0. The van der Waals surface area contributed by atoms with E-state index in [4.69, 9.17) is 4.74 Å². The van der Waals surface area contributed by atoms with E-state index in [0.717, 1.165) is 34.8 Å². The van der Waals surface area contributed by atoms with E-state index in [-0.39, 0.29) is 11.3 Å². The zero-order valence-corrected chi connectivity index (χ0v) is 15.8. The number of ether oxygens (including phenoxy) is 1. The lowest BCUT2D eigenvalue weighted by molar-refractivity contribution is 0.0775. The molecule has 1 aromatic carbocycles. The van der Waals surface area contributed by atoms with E-state index in [2.05, 4.69) is 28.2 Å². The molecule has 5 nitrogen and oxygen atoms in total. The minimum Gasteiger partial charge on any atom is -0.492 e. The first-order valence-corrected chi connectivity index (χ1v) is 9.92. The van der Waals surface area contributed by atoms with Crippen LogP contribution in [0.15, 0.2) is 48.1 Å². The molecule has 0 saturated carbocycles. The Morgan fingerprint density at radius 2 is 2.22 bits per heavy atom. The van der Waals surface area contributed by atoms with E-state index in [9.17, 15) is 4.79 Å². The Labute approximate surface area is 161 Å². The van der Waals surface area contributed by atoms with Gasteiger partial charge in [0.2, 0.25) is 0 Å². The highest BCUT2D eigenvalue weighted by atomic mass is 32.1. The maximum atomic E-state index is 12.8. The Kier molecular flexibility index (Phi) is 3.75. The predicted molar refractivity (Wildman–Crippen MR) is 104 cm³/mol. The van der Waals surface area contributed by atoms with E-state index in [1.165, 1.54) is 16.9 Å². The normalized spacial score (nSPS) is 20.7. The highest BCUT2D eigenvalue weighted by Gasteiger charge is 2.47. The van der Waals surface area contributed by atoms with Crippen LogP contribution in [-0.4, -0.2) is 40.5 Å². The number of nitrogens with zero attached hydrogens (tertiary/aromatic N) is 3. The Bertz CT molecular complexity index is 1020. The quantitative estimate of drug-likeness (QED) is 0.683. The maximum Gasteiger partial charge on any atom is 0.273 e. The standard InChI is InChI=1S/C21H19N3O2S/c1-14-23-18(11-27-14)20(25)24-8-6-21(12-24)13-26-19-5-4-15(9-17(19)21)16-3-2-7-22-10-16/h2-5,7,9-11H,6,8,12-13H2,1H3. The first kappa shape index (κ1) is 16.4. The van der Waals surface area contributed by atoms with Crippen molar-refractivity contribution in [1.82, 2.24) is 14.9 Å². The molecule has 136 valence electrons. The second-order valence-corrected chi connectivity index (χ2v) is 8.31. The summed E-state index contributed by atoms with van der Waals surface area (Å²) in [4.78, 5) is 23.3. The molecule has 0 aliphatic carbocycles. The molecule has 1 fully saturated rings. The Hall–Kier alpha value is -2.73. The second kappa shape index (κ2) is 6.16. The molecule has 27 heavy (non-hydrogen) atoms. The van der Waals surface area contributed by atoms with Gasteiger partial charge in [-0.05, 0) is 37.1 Å². The topological polar surface area (TPSA) is 55.3 Å². The molecule has 2 aliphatic rings. The number of pyridine rings is 1. The molecule has 1 unspecified atom stereocenters. The molecule has 0 radical (unpaired) electrons. The van der Waals surface area contributed by atoms with Crippen LogP contribution in [0, 0.1) is 6.92 Å². The number of hydrogen-bond donors (Lipinski definition) is 0. The number of amides is 1. The van der Waals surface area contributed by atoms with Gasteiger partial charge < -0.3 is 9.64 Å².